The number of hydrogen-bond acceptors (Lipinski definition) is 4. The largest absolute Gasteiger partial charge is 0.496 e. The molecule has 23 heavy (non-hydrogen) atoms. The van der Waals surface area contributed by atoms with Crippen LogP contribution in [-0.2, 0) is 0 Å². The minimum absolute atomic E-state index is 0.0826. The summed E-state index contributed by atoms with van der Waals surface area (Å²) in [5, 5.41) is 2.79. The lowest BCUT2D eigenvalue weighted by molar-refractivity contribution is 0.100. The fourth-order valence-electron chi connectivity index (χ4n) is 2.15. The van der Waals surface area contributed by atoms with Gasteiger partial charge in [-0.2, -0.15) is 0 Å². The Morgan fingerprint density at radius 3 is 2.48 bits per heavy atom. The first-order chi connectivity index (χ1) is 11.1. The highest BCUT2D eigenvalue weighted by molar-refractivity contribution is 6.07. The third-order valence-corrected chi connectivity index (χ3v) is 3.29. The number of carbonyl (C=O) groups excluding carboxylic acids is 2. The van der Waals surface area contributed by atoms with E-state index in [1.807, 2.05) is 6.92 Å². The van der Waals surface area contributed by atoms with Crippen LogP contribution in [0.1, 0.15) is 34.6 Å². The molecule has 0 aliphatic rings. The molecule has 0 aromatic heterocycles. The van der Waals surface area contributed by atoms with Gasteiger partial charge in [0.25, 0.3) is 5.91 Å². The van der Waals surface area contributed by atoms with Crippen LogP contribution in [0.2, 0.25) is 0 Å². The molecular weight excluding hydrogens is 294 g/mol. The van der Waals surface area contributed by atoms with Crippen molar-refractivity contribution in [2.75, 3.05) is 19.0 Å². The number of hydrogen-bond donors (Lipinski definition) is 1. The molecule has 0 radical (unpaired) electrons. The number of Topliss-reactive ketones (excluding diaryl/α,β-unsaturated/α-hetero) is 1. The molecule has 0 saturated heterocycles. The molecule has 2 rings (SSSR count). The molecule has 2 aromatic rings. The Kier molecular flexibility index (Phi) is 5.36. The summed E-state index contributed by atoms with van der Waals surface area (Å²) in [5.74, 6) is 0.580. The normalized spacial score (nSPS) is 10.0. The molecule has 2 aromatic carbocycles. The summed E-state index contributed by atoms with van der Waals surface area (Å²) >= 11 is 0. The van der Waals surface area contributed by atoms with E-state index in [-0.39, 0.29) is 11.7 Å². The van der Waals surface area contributed by atoms with E-state index in [4.69, 9.17) is 9.47 Å². The lowest BCUT2D eigenvalue weighted by Crippen LogP contribution is -2.14. The van der Waals surface area contributed by atoms with Crippen molar-refractivity contribution in [3.8, 4) is 11.5 Å². The van der Waals surface area contributed by atoms with E-state index >= 15 is 0 Å². The molecule has 0 spiro atoms. The van der Waals surface area contributed by atoms with Crippen molar-refractivity contribution in [2.24, 2.45) is 0 Å². The van der Waals surface area contributed by atoms with Gasteiger partial charge in [0.2, 0.25) is 0 Å². The fourth-order valence-corrected chi connectivity index (χ4v) is 2.15. The first-order valence-corrected chi connectivity index (χ1v) is 7.29. The fraction of sp³-hybridized carbons (Fsp3) is 0.222. The lowest BCUT2D eigenvalue weighted by Gasteiger charge is -2.14. The molecule has 0 heterocycles. The third kappa shape index (κ3) is 3.88. The highest BCUT2D eigenvalue weighted by atomic mass is 16.5. The molecule has 0 saturated carbocycles. The lowest BCUT2D eigenvalue weighted by atomic mass is 10.1. The molecule has 1 N–H and O–H groups in total. The minimum atomic E-state index is -0.330. The summed E-state index contributed by atoms with van der Waals surface area (Å²) in [4.78, 5) is 24.0. The van der Waals surface area contributed by atoms with E-state index in [0.29, 0.717) is 34.9 Å². The summed E-state index contributed by atoms with van der Waals surface area (Å²) in [6, 6.07) is 11.9. The Morgan fingerprint density at radius 2 is 1.83 bits per heavy atom. The van der Waals surface area contributed by atoms with Crippen molar-refractivity contribution in [2.45, 2.75) is 13.8 Å². The van der Waals surface area contributed by atoms with Gasteiger partial charge in [-0.1, -0.05) is 12.1 Å². The van der Waals surface area contributed by atoms with Crippen molar-refractivity contribution in [1.82, 2.24) is 0 Å². The smallest absolute Gasteiger partial charge is 0.259 e. The van der Waals surface area contributed by atoms with Crippen LogP contribution < -0.4 is 14.8 Å². The van der Waals surface area contributed by atoms with Gasteiger partial charge in [-0.05, 0) is 44.2 Å². The topological polar surface area (TPSA) is 64.6 Å². The molecule has 0 fully saturated rings. The number of amides is 1. The van der Waals surface area contributed by atoms with Crippen LogP contribution in [0.4, 0.5) is 5.69 Å². The van der Waals surface area contributed by atoms with Crippen molar-refractivity contribution >= 4 is 17.4 Å². The third-order valence-electron chi connectivity index (χ3n) is 3.29. The zero-order valence-electron chi connectivity index (χ0n) is 13.4. The molecule has 0 atom stereocenters. The molecular formula is C18H19NO4. The zero-order chi connectivity index (χ0) is 16.8. The number of rotatable bonds is 6. The van der Waals surface area contributed by atoms with Crippen LogP contribution in [0.5, 0.6) is 11.5 Å². The van der Waals surface area contributed by atoms with E-state index in [1.54, 1.807) is 42.5 Å². The number of carbonyl (C=O) groups is 2. The quantitative estimate of drug-likeness (QED) is 0.828. The van der Waals surface area contributed by atoms with Gasteiger partial charge in [-0.25, -0.2) is 0 Å². The van der Waals surface area contributed by atoms with Crippen molar-refractivity contribution in [1.29, 1.82) is 0 Å². The maximum atomic E-state index is 12.5. The Bertz CT molecular complexity index is 725. The number of nitrogens with one attached hydrogen (secondary N) is 1. The van der Waals surface area contributed by atoms with E-state index in [2.05, 4.69) is 5.32 Å². The standard InChI is InChI=1S/C18H19NO4/c1-4-23-17-10-9-13(12(2)20)11-15(17)19-18(21)14-7-5-6-8-16(14)22-3/h5-11H,4H2,1-3H3,(H,19,21). The van der Waals surface area contributed by atoms with Crippen LogP contribution in [-0.4, -0.2) is 25.4 Å². The molecule has 120 valence electrons. The van der Waals surface area contributed by atoms with Gasteiger partial charge < -0.3 is 14.8 Å². The molecule has 1 amide bonds. The summed E-state index contributed by atoms with van der Waals surface area (Å²) in [6.45, 7) is 3.78. The Labute approximate surface area is 135 Å². The van der Waals surface area contributed by atoms with Gasteiger partial charge in [0.15, 0.2) is 5.78 Å². The van der Waals surface area contributed by atoms with Gasteiger partial charge in [0.1, 0.15) is 11.5 Å². The molecule has 0 aliphatic heterocycles. The maximum Gasteiger partial charge on any atom is 0.259 e. The predicted molar refractivity (Wildman–Crippen MR) is 88.6 cm³/mol. The number of para-hydroxylation sites is 1. The average Bonchev–Trinajstić information content (AvgIpc) is 2.56. The molecule has 5 heteroatoms. The van der Waals surface area contributed by atoms with Crippen molar-refractivity contribution in [3.63, 3.8) is 0 Å². The van der Waals surface area contributed by atoms with E-state index in [9.17, 15) is 9.59 Å². The minimum Gasteiger partial charge on any atom is -0.496 e. The number of benzene rings is 2. The molecule has 5 nitrogen and oxygen atoms in total. The van der Waals surface area contributed by atoms with Crippen LogP contribution in [0.15, 0.2) is 42.5 Å². The second-order valence-corrected chi connectivity index (χ2v) is 4.85. The Hall–Kier alpha value is -2.82. The van der Waals surface area contributed by atoms with Crippen LogP contribution in [0, 0.1) is 0 Å². The van der Waals surface area contributed by atoms with Gasteiger partial charge >= 0.3 is 0 Å². The maximum absolute atomic E-state index is 12.5. The first-order valence-electron chi connectivity index (χ1n) is 7.29. The molecule has 0 bridgehead atoms. The van der Waals surface area contributed by atoms with E-state index in [1.165, 1.54) is 14.0 Å². The number of anilines is 1. The first kappa shape index (κ1) is 16.5. The van der Waals surface area contributed by atoms with Crippen molar-refractivity contribution in [3.05, 3.63) is 53.6 Å². The van der Waals surface area contributed by atoms with Gasteiger partial charge in [0, 0.05) is 5.56 Å². The SMILES string of the molecule is CCOc1ccc(C(C)=O)cc1NC(=O)c1ccccc1OC. The Morgan fingerprint density at radius 1 is 1.09 bits per heavy atom. The van der Waals surface area contributed by atoms with Crippen LogP contribution in [0.3, 0.4) is 0 Å². The summed E-state index contributed by atoms with van der Waals surface area (Å²) in [7, 11) is 1.51. The monoisotopic (exact) mass is 313 g/mol. The predicted octanol–water partition coefficient (Wildman–Crippen LogP) is 3.55. The zero-order valence-corrected chi connectivity index (χ0v) is 13.4. The van der Waals surface area contributed by atoms with Crippen molar-refractivity contribution < 1.29 is 19.1 Å². The van der Waals surface area contributed by atoms with Gasteiger partial charge in [-0.3, -0.25) is 9.59 Å². The highest BCUT2D eigenvalue weighted by Crippen LogP contribution is 2.28. The number of methoxy groups -OCH3 is 1. The summed E-state index contributed by atoms with van der Waals surface area (Å²) in [5.41, 5.74) is 1.37. The second-order valence-electron chi connectivity index (χ2n) is 4.85. The van der Waals surface area contributed by atoms with E-state index < -0.39 is 0 Å². The van der Waals surface area contributed by atoms with Crippen LogP contribution >= 0.6 is 0 Å². The van der Waals surface area contributed by atoms with Crippen LogP contribution in [0.25, 0.3) is 0 Å². The molecule has 0 unspecified atom stereocenters. The van der Waals surface area contributed by atoms with Gasteiger partial charge in [-0.15, -0.1) is 0 Å². The second kappa shape index (κ2) is 7.45. The molecule has 0 aliphatic carbocycles. The number of ether oxygens (including phenoxy) is 2. The van der Waals surface area contributed by atoms with E-state index in [0.717, 1.165) is 0 Å². The highest BCUT2D eigenvalue weighted by Gasteiger charge is 2.15. The summed E-state index contributed by atoms with van der Waals surface area (Å²) < 4.78 is 10.7. The average molecular weight is 313 g/mol. The summed E-state index contributed by atoms with van der Waals surface area (Å²) in [6.07, 6.45) is 0. The van der Waals surface area contributed by atoms with Gasteiger partial charge in [0.05, 0.1) is 25.0 Å². The Balaban J connectivity index is 2.35. The number of ketones is 1.